The molecular weight excluding hydrogens is 381 g/mol. The van der Waals surface area contributed by atoms with E-state index in [9.17, 15) is 26.4 Å². The molecule has 1 amide bonds. The first-order valence-corrected chi connectivity index (χ1v) is 9.75. The Hall–Kier alpha value is -1.32. The number of sulfone groups is 1. The Balaban J connectivity index is 1.90. The second-order valence-corrected chi connectivity index (χ2v) is 8.66. The molecule has 1 aromatic rings. The summed E-state index contributed by atoms with van der Waals surface area (Å²) < 4.78 is 61.3. The third kappa shape index (κ3) is 5.58. The molecule has 0 radical (unpaired) electrons. The summed E-state index contributed by atoms with van der Waals surface area (Å²) in [4.78, 5) is 13.7. The van der Waals surface area contributed by atoms with Gasteiger partial charge in [0.05, 0.1) is 22.1 Å². The van der Waals surface area contributed by atoms with Crippen molar-refractivity contribution in [2.75, 3.05) is 30.4 Å². The van der Waals surface area contributed by atoms with Crippen molar-refractivity contribution in [2.45, 2.75) is 25.1 Å². The normalized spacial score (nSPS) is 20.0. The summed E-state index contributed by atoms with van der Waals surface area (Å²) >= 11 is 5.53. The van der Waals surface area contributed by atoms with Crippen molar-refractivity contribution >= 4 is 33.0 Å². The number of anilines is 1. The van der Waals surface area contributed by atoms with Gasteiger partial charge in [-0.2, -0.15) is 13.2 Å². The number of nitrogens with one attached hydrogen (secondary N) is 1. The van der Waals surface area contributed by atoms with Crippen LogP contribution in [0.4, 0.5) is 18.9 Å². The van der Waals surface area contributed by atoms with Crippen LogP contribution in [0.15, 0.2) is 18.2 Å². The molecule has 1 saturated heterocycles. The number of carbonyl (C=O) groups is 1. The van der Waals surface area contributed by atoms with Crippen molar-refractivity contribution in [1.29, 1.82) is 0 Å². The van der Waals surface area contributed by atoms with Gasteiger partial charge < -0.3 is 10.2 Å². The van der Waals surface area contributed by atoms with Crippen LogP contribution in [-0.4, -0.2) is 50.4 Å². The van der Waals surface area contributed by atoms with Crippen molar-refractivity contribution in [3.8, 4) is 0 Å². The van der Waals surface area contributed by atoms with Crippen LogP contribution in [0.25, 0.3) is 0 Å². The Morgan fingerprint density at radius 3 is 2.64 bits per heavy atom. The highest BCUT2D eigenvalue weighted by Gasteiger charge is 2.33. The van der Waals surface area contributed by atoms with Crippen molar-refractivity contribution in [3.63, 3.8) is 0 Å². The second-order valence-electron chi connectivity index (χ2n) is 6.03. The fourth-order valence-corrected chi connectivity index (χ4v) is 4.66. The van der Waals surface area contributed by atoms with E-state index in [-0.39, 0.29) is 29.7 Å². The van der Waals surface area contributed by atoms with Gasteiger partial charge in [0.25, 0.3) is 0 Å². The number of amides is 1. The molecule has 0 spiro atoms. The quantitative estimate of drug-likeness (QED) is 0.828. The summed E-state index contributed by atoms with van der Waals surface area (Å²) in [6, 6.07) is 3.02. The van der Waals surface area contributed by atoms with E-state index < -0.39 is 32.5 Å². The highest BCUT2D eigenvalue weighted by Crippen LogP contribution is 2.36. The Bertz CT molecular complexity index is 753. The fraction of sp³-hybridized carbons (Fsp3) is 0.533. The lowest BCUT2D eigenvalue weighted by atomic mass is 10.2. The van der Waals surface area contributed by atoms with Crippen LogP contribution in [-0.2, 0) is 20.8 Å². The summed E-state index contributed by atoms with van der Waals surface area (Å²) in [5.74, 6) is -0.251. The van der Waals surface area contributed by atoms with E-state index in [1.54, 1.807) is 11.9 Å². The maximum absolute atomic E-state index is 12.8. The highest BCUT2D eigenvalue weighted by molar-refractivity contribution is 7.91. The average Bonchev–Trinajstić information content (AvgIpc) is 2.86. The number of rotatable bonds is 5. The van der Waals surface area contributed by atoms with Gasteiger partial charge in [0.1, 0.15) is 0 Å². The number of halogens is 4. The van der Waals surface area contributed by atoms with Crippen molar-refractivity contribution < 1.29 is 26.4 Å². The molecule has 2 rings (SSSR count). The lowest BCUT2D eigenvalue weighted by Gasteiger charge is -2.22. The molecule has 1 unspecified atom stereocenters. The van der Waals surface area contributed by atoms with E-state index >= 15 is 0 Å². The minimum Gasteiger partial charge on any atom is -0.326 e. The summed E-state index contributed by atoms with van der Waals surface area (Å²) in [5.41, 5.74) is -1.01. The van der Waals surface area contributed by atoms with Gasteiger partial charge in [0.2, 0.25) is 5.91 Å². The predicted octanol–water partition coefficient (Wildman–Crippen LogP) is 2.81. The first-order valence-electron chi connectivity index (χ1n) is 7.55. The minimum atomic E-state index is -4.61. The Kier molecular flexibility index (Phi) is 6.01. The molecule has 1 fully saturated rings. The van der Waals surface area contributed by atoms with Gasteiger partial charge in [-0.3, -0.25) is 4.79 Å². The van der Waals surface area contributed by atoms with Crippen LogP contribution in [0.1, 0.15) is 18.4 Å². The third-order valence-corrected chi connectivity index (χ3v) is 6.16. The van der Waals surface area contributed by atoms with Crippen molar-refractivity contribution in [3.05, 3.63) is 28.8 Å². The molecule has 1 heterocycles. The maximum atomic E-state index is 12.8. The van der Waals surface area contributed by atoms with Gasteiger partial charge in [-0.1, -0.05) is 11.6 Å². The van der Waals surface area contributed by atoms with Crippen LogP contribution >= 0.6 is 11.6 Å². The number of benzene rings is 1. The lowest BCUT2D eigenvalue weighted by molar-refractivity contribution is -0.137. The molecule has 0 aliphatic carbocycles. The zero-order valence-electron chi connectivity index (χ0n) is 13.4. The number of hydrogen-bond donors (Lipinski definition) is 1. The largest absolute Gasteiger partial charge is 0.417 e. The van der Waals surface area contributed by atoms with Crippen molar-refractivity contribution in [1.82, 2.24) is 4.90 Å². The Labute approximate surface area is 149 Å². The fourth-order valence-electron chi connectivity index (χ4n) is 2.63. The average molecular weight is 399 g/mol. The van der Waals surface area contributed by atoms with Gasteiger partial charge in [0.15, 0.2) is 9.84 Å². The molecule has 1 N–H and O–H groups in total. The van der Waals surface area contributed by atoms with Gasteiger partial charge >= 0.3 is 6.18 Å². The number of hydrogen-bond acceptors (Lipinski definition) is 4. The van der Waals surface area contributed by atoms with Crippen LogP contribution in [0, 0.1) is 0 Å². The molecule has 1 aliphatic rings. The molecule has 0 bridgehead atoms. The third-order valence-electron chi connectivity index (χ3n) is 4.08. The lowest BCUT2D eigenvalue weighted by Crippen LogP contribution is -2.35. The molecule has 5 nitrogen and oxygen atoms in total. The zero-order chi connectivity index (χ0) is 18.8. The Morgan fingerprint density at radius 2 is 2.08 bits per heavy atom. The van der Waals surface area contributed by atoms with Gasteiger partial charge in [0, 0.05) is 24.7 Å². The van der Waals surface area contributed by atoms with E-state index in [1.807, 2.05) is 0 Å². The molecule has 0 aromatic heterocycles. The smallest absolute Gasteiger partial charge is 0.326 e. The van der Waals surface area contributed by atoms with Crippen LogP contribution in [0.3, 0.4) is 0 Å². The number of carbonyl (C=O) groups excluding carboxylic acids is 1. The minimum absolute atomic E-state index is 0.00724. The zero-order valence-corrected chi connectivity index (χ0v) is 15.0. The number of nitrogens with zero attached hydrogens (tertiary/aromatic N) is 1. The Morgan fingerprint density at radius 1 is 1.40 bits per heavy atom. The number of alkyl halides is 3. The molecule has 25 heavy (non-hydrogen) atoms. The second kappa shape index (κ2) is 7.51. The first-order chi connectivity index (χ1) is 11.5. The van der Waals surface area contributed by atoms with E-state index in [0.29, 0.717) is 13.0 Å². The van der Waals surface area contributed by atoms with Crippen LogP contribution in [0.5, 0.6) is 0 Å². The molecule has 140 valence electrons. The van der Waals surface area contributed by atoms with Crippen LogP contribution in [0.2, 0.25) is 5.02 Å². The van der Waals surface area contributed by atoms with Crippen LogP contribution < -0.4 is 5.32 Å². The van der Waals surface area contributed by atoms with Gasteiger partial charge in [-0.25, -0.2) is 8.42 Å². The summed E-state index contributed by atoms with van der Waals surface area (Å²) in [7, 11) is -1.29. The van der Waals surface area contributed by atoms with E-state index in [0.717, 1.165) is 12.1 Å². The standard InChI is InChI=1S/C15H18ClF3N2O3S/c1-21(11-5-7-25(23,24)9-11)6-4-14(22)20-10-2-3-13(16)12(8-10)15(17,18)19/h2-3,8,11H,4-7,9H2,1H3,(H,20,22). The molecule has 10 heteroatoms. The highest BCUT2D eigenvalue weighted by atomic mass is 35.5. The predicted molar refractivity (Wildman–Crippen MR) is 89.4 cm³/mol. The SMILES string of the molecule is CN(CCC(=O)Nc1ccc(Cl)c(C(F)(F)F)c1)C1CCS(=O)(=O)C1. The summed E-state index contributed by atoms with van der Waals surface area (Å²) in [6.45, 7) is 0.311. The molecule has 1 atom stereocenters. The van der Waals surface area contributed by atoms with Gasteiger partial charge in [-0.15, -0.1) is 0 Å². The molecule has 1 aliphatic heterocycles. The first kappa shape index (κ1) is 20.0. The molecule has 0 saturated carbocycles. The van der Waals surface area contributed by atoms with E-state index in [2.05, 4.69) is 5.32 Å². The van der Waals surface area contributed by atoms with Crippen molar-refractivity contribution in [2.24, 2.45) is 0 Å². The molecular formula is C15H18ClF3N2O3S. The van der Waals surface area contributed by atoms with E-state index in [1.165, 1.54) is 6.07 Å². The topological polar surface area (TPSA) is 66.5 Å². The monoisotopic (exact) mass is 398 g/mol. The van der Waals surface area contributed by atoms with E-state index in [4.69, 9.17) is 11.6 Å². The summed E-state index contributed by atoms with van der Waals surface area (Å²) in [5, 5.41) is 1.96. The summed E-state index contributed by atoms with van der Waals surface area (Å²) in [6.07, 6.45) is -4.05. The maximum Gasteiger partial charge on any atom is 0.417 e. The molecule has 1 aromatic carbocycles. The van der Waals surface area contributed by atoms with Gasteiger partial charge in [-0.05, 0) is 31.7 Å².